The molecular weight excluding hydrogens is 386 g/mol. The summed E-state index contributed by atoms with van der Waals surface area (Å²) >= 11 is 0. The van der Waals surface area contributed by atoms with Gasteiger partial charge in [-0.2, -0.15) is 0 Å². The highest BCUT2D eigenvalue weighted by Gasteiger charge is 2.54. The van der Waals surface area contributed by atoms with Gasteiger partial charge in [0.25, 0.3) is 5.91 Å². The maximum atomic E-state index is 13.9. The average Bonchev–Trinajstić information content (AvgIpc) is 3.35. The molecule has 0 bridgehead atoms. The number of fused-ring (bicyclic) bond motifs is 1. The molecule has 3 aromatic carbocycles. The van der Waals surface area contributed by atoms with Crippen LogP contribution in [0.15, 0.2) is 84.9 Å². The van der Waals surface area contributed by atoms with Gasteiger partial charge < -0.3 is 5.32 Å². The number of nitrogens with zero attached hydrogens (tertiary/aromatic N) is 2. The number of nitrogens with one attached hydrogen (secondary N) is 1. The molecule has 1 aliphatic heterocycles. The van der Waals surface area contributed by atoms with E-state index < -0.39 is 5.54 Å². The third-order valence-corrected chi connectivity index (χ3v) is 6.52. The van der Waals surface area contributed by atoms with Gasteiger partial charge in [-0.1, -0.05) is 84.9 Å². The molecule has 0 saturated carbocycles. The molecule has 1 saturated heterocycles. The molecule has 156 valence electrons. The Hall–Kier alpha value is -3.44. The number of carbonyl (C=O) groups excluding carboxylic acids is 2. The van der Waals surface area contributed by atoms with Crippen LogP contribution >= 0.6 is 0 Å². The van der Waals surface area contributed by atoms with Gasteiger partial charge >= 0.3 is 6.03 Å². The Morgan fingerprint density at radius 3 is 2.13 bits per heavy atom. The second-order valence-electron chi connectivity index (χ2n) is 8.30. The first-order valence-electron chi connectivity index (χ1n) is 10.6. The van der Waals surface area contributed by atoms with Crippen LogP contribution in [-0.4, -0.2) is 35.5 Å². The number of hydrogen-bond acceptors (Lipinski definition) is 3. The smallest absolute Gasteiger partial charge is 0.315 e. The van der Waals surface area contributed by atoms with E-state index >= 15 is 0 Å². The van der Waals surface area contributed by atoms with Crippen molar-refractivity contribution >= 4 is 11.9 Å². The van der Waals surface area contributed by atoms with E-state index in [1.807, 2.05) is 67.7 Å². The van der Waals surface area contributed by atoms with E-state index in [-0.39, 0.29) is 24.6 Å². The minimum Gasteiger partial charge on any atom is -0.315 e. The molecular formula is C26H25N3O2. The van der Waals surface area contributed by atoms with Gasteiger partial charge in [-0.15, -0.1) is 0 Å². The van der Waals surface area contributed by atoms with E-state index in [0.717, 1.165) is 24.0 Å². The molecule has 5 rings (SSSR count). The first kappa shape index (κ1) is 19.5. The summed E-state index contributed by atoms with van der Waals surface area (Å²) < 4.78 is 0. The number of aryl methyl sites for hydroxylation is 1. The molecule has 1 atom stereocenters. The van der Waals surface area contributed by atoms with Crippen molar-refractivity contribution in [1.29, 1.82) is 0 Å². The van der Waals surface area contributed by atoms with Crippen molar-refractivity contribution in [2.45, 2.75) is 24.4 Å². The van der Waals surface area contributed by atoms with Gasteiger partial charge in [0.1, 0.15) is 0 Å². The van der Waals surface area contributed by atoms with Crippen molar-refractivity contribution in [3.8, 4) is 0 Å². The SMILES string of the molecule is CN(CN1C(=O)NC(c2ccccc2)(c2ccccc2)C1=O)C1CCc2ccccc21. The molecule has 3 aromatic rings. The molecule has 1 aliphatic carbocycles. The second-order valence-corrected chi connectivity index (χ2v) is 8.30. The van der Waals surface area contributed by atoms with E-state index in [4.69, 9.17) is 0 Å². The Labute approximate surface area is 182 Å². The van der Waals surface area contributed by atoms with Gasteiger partial charge in [-0.05, 0) is 42.1 Å². The fourth-order valence-corrected chi connectivity index (χ4v) is 4.95. The first-order valence-corrected chi connectivity index (χ1v) is 10.6. The molecule has 3 amide bonds. The Morgan fingerprint density at radius 1 is 0.903 bits per heavy atom. The van der Waals surface area contributed by atoms with E-state index in [2.05, 4.69) is 34.5 Å². The van der Waals surface area contributed by atoms with Crippen LogP contribution in [0.1, 0.15) is 34.7 Å². The van der Waals surface area contributed by atoms with Crippen molar-refractivity contribution < 1.29 is 9.59 Å². The van der Waals surface area contributed by atoms with Crippen LogP contribution in [0, 0.1) is 0 Å². The monoisotopic (exact) mass is 411 g/mol. The molecule has 2 aliphatic rings. The lowest BCUT2D eigenvalue weighted by Gasteiger charge is -2.30. The number of carbonyl (C=O) groups is 2. The van der Waals surface area contributed by atoms with Crippen molar-refractivity contribution in [2.75, 3.05) is 13.7 Å². The van der Waals surface area contributed by atoms with Crippen LogP contribution in [-0.2, 0) is 16.8 Å². The van der Waals surface area contributed by atoms with Gasteiger partial charge in [0.05, 0.1) is 6.67 Å². The van der Waals surface area contributed by atoms with E-state index in [9.17, 15) is 9.59 Å². The lowest BCUT2D eigenvalue weighted by Crippen LogP contribution is -2.46. The predicted octanol–water partition coefficient (Wildman–Crippen LogP) is 4.06. The van der Waals surface area contributed by atoms with Crippen LogP contribution in [0.25, 0.3) is 0 Å². The Bertz CT molecular complexity index is 1070. The van der Waals surface area contributed by atoms with E-state index in [1.54, 1.807) is 0 Å². The summed E-state index contributed by atoms with van der Waals surface area (Å²) in [4.78, 5) is 30.4. The van der Waals surface area contributed by atoms with Gasteiger partial charge in [-0.3, -0.25) is 9.69 Å². The average molecular weight is 412 g/mol. The summed E-state index contributed by atoms with van der Waals surface area (Å²) in [5.74, 6) is -0.243. The summed E-state index contributed by atoms with van der Waals surface area (Å²) in [6.07, 6.45) is 2.01. The van der Waals surface area contributed by atoms with Gasteiger partial charge in [0.2, 0.25) is 0 Å². The summed E-state index contributed by atoms with van der Waals surface area (Å²) in [5.41, 5.74) is 2.94. The third kappa shape index (κ3) is 3.13. The number of urea groups is 1. The number of rotatable bonds is 5. The largest absolute Gasteiger partial charge is 0.326 e. The Kier molecular flexibility index (Phi) is 4.83. The molecule has 1 N–H and O–H groups in total. The van der Waals surface area contributed by atoms with Gasteiger partial charge in [0.15, 0.2) is 5.54 Å². The van der Waals surface area contributed by atoms with Crippen LogP contribution in [0.3, 0.4) is 0 Å². The summed E-state index contributed by atoms with van der Waals surface area (Å²) in [6, 6.07) is 27.2. The van der Waals surface area contributed by atoms with Crippen molar-refractivity contribution in [3.05, 3.63) is 107 Å². The lowest BCUT2D eigenvalue weighted by molar-refractivity contribution is -0.131. The third-order valence-electron chi connectivity index (χ3n) is 6.52. The molecule has 0 radical (unpaired) electrons. The molecule has 31 heavy (non-hydrogen) atoms. The number of hydrogen-bond donors (Lipinski definition) is 1. The topological polar surface area (TPSA) is 52.6 Å². The zero-order chi connectivity index (χ0) is 21.4. The van der Waals surface area contributed by atoms with Gasteiger partial charge in [0, 0.05) is 6.04 Å². The van der Waals surface area contributed by atoms with Crippen LogP contribution < -0.4 is 5.32 Å². The van der Waals surface area contributed by atoms with E-state index in [1.165, 1.54) is 16.0 Å². The summed E-state index contributed by atoms with van der Waals surface area (Å²) in [7, 11) is 1.98. The Balaban J connectivity index is 1.48. The highest BCUT2D eigenvalue weighted by molar-refractivity contribution is 6.09. The molecule has 5 nitrogen and oxygen atoms in total. The quantitative estimate of drug-likeness (QED) is 0.644. The molecule has 0 aromatic heterocycles. The maximum absolute atomic E-state index is 13.9. The maximum Gasteiger partial charge on any atom is 0.326 e. The standard InChI is InChI=1S/C26H25N3O2/c1-28(23-17-16-19-10-8-9-15-22(19)23)18-29-24(30)26(27-25(29)31,20-11-4-2-5-12-20)21-13-6-3-7-14-21/h2-15,23H,16-18H2,1H3,(H,27,31). The summed E-state index contributed by atoms with van der Waals surface area (Å²) in [6.45, 7) is 0.241. The van der Waals surface area contributed by atoms with Crippen molar-refractivity contribution in [2.24, 2.45) is 0 Å². The minimum absolute atomic E-state index is 0.195. The highest BCUT2D eigenvalue weighted by atomic mass is 16.2. The molecule has 1 heterocycles. The normalized spacial score (nSPS) is 19.5. The number of amides is 3. The van der Waals surface area contributed by atoms with Crippen LogP contribution in [0.4, 0.5) is 4.79 Å². The molecule has 1 unspecified atom stereocenters. The van der Waals surface area contributed by atoms with Crippen molar-refractivity contribution in [3.63, 3.8) is 0 Å². The second kappa shape index (κ2) is 7.67. The van der Waals surface area contributed by atoms with Crippen LogP contribution in [0.2, 0.25) is 0 Å². The van der Waals surface area contributed by atoms with Crippen molar-refractivity contribution in [1.82, 2.24) is 15.1 Å². The minimum atomic E-state index is -1.21. The number of benzene rings is 3. The molecule has 5 heteroatoms. The first-order chi connectivity index (χ1) is 15.1. The summed E-state index contributed by atoms with van der Waals surface area (Å²) in [5, 5.41) is 3.03. The fraction of sp³-hybridized carbons (Fsp3) is 0.231. The van der Waals surface area contributed by atoms with Gasteiger partial charge in [-0.25, -0.2) is 9.69 Å². The molecule has 0 spiro atoms. The Morgan fingerprint density at radius 2 is 1.48 bits per heavy atom. The zero-order valence-corrected chi connectivity index (χ0v) is 17.5. The van der Waals surface area contributed by atoms with Crippen LogP contribution in [0.5, 0.6) is 0 Å². The highest BCUT2D eigenvalue weighted by Crippen LogP contribution is 2.38. The fourth-order valence-electron chi connectivity index (χ4n) is 4.95. The molecule has 1 fully saturated rings. The zero-order valence-electron chi connectivity index (χ0n) is 17.5. The van der Waals surface area contributed by atoms with E-state index in [0.29, 0.717) is 0 Å². The lowest BCUT2D eigenvalue weighted by atomic mass is 9.83. The predicted molar refractivity (Wildman–Crippen MR) is 119 cm³/mol. The number of imide groups is 1.